The molecule has 0 bridgehead atoms. The Kier molecular flexibility index (Phi) is 6.14. The fourth-order valence-electron chi connectivity index (χ4n) is 4.30. The highest BCUT2D eigenvalue weighted by molar-refractivity contribution is 7.91. The number of carbonyl (C=O) groups is 1. The van der Waals surface area contributed by atoms with Gasteiger partial charge in [0, 0.05) is 29.3 Å². The van der Waals surface area contributed by atoms with Gasteiger partial charge in [-0.25, -0.2) is 27.8 Å². The van der Waals surface area contributed by atoms with E-state index >= 15 is 0 Å². The van der Waals surface area contributed by atoms with Crippen molar-refractivity contribution in [2.45, 2.75) is 39.5 Å². The molecule has 1 aliphatic heterocycles. The van der Waals surface area contributed by atoms with Crippen LogP contribution in [0.5, 0.6) is 0 Å². The second-order valence-electron chi connectivity index (χ2n) is 9.36. The molecule has 3 heterocycles. The number of Topliss-reactive ketones (excluding diaryl/α,β-unsaturated/α-hetero) is 1. The van der Waals surface area contributed by atoms with E-state index < -0.39 is 15.3 Å². The third-order valence-corrected chi connectivity index (χ3v) is 7.99. The zero-order chi connectivity index (χ0) is 23.8. The number of pyridine rings is 1. The van der Waals surface area contributed by atoms with E-state index in [0.717, 1.165) is 11.3 Å². The summed E-state index contributed by atoms with van der Waals surface area (Å²) in [4.78, 5) is 26.6. The maximum absolute atomic E-state index is 13.5. The van der Waals surface area contributed by atoms with E-state index in [1.54, 1.807) is 30.5 Å². The van der Waals surface area contributed by atoms with Crippen molar-refractivity contribution in [2.75, 3.05) is 11.5 Å². The van der Waals surface area contributed by atoms with E-state index in [9.17, 15) is 17.6 Å². The first-order valence-electron chi connectivity index (χ1n) is 10.9. The van der Waals surface area contributed by atoms with Crippen LogP contribution in [0.4, 0.5) is 4.39 Å². The first-order chi connectivity index (χ1) is 15.6. The summed E-state index contributed by atoms with van der Waals surface area (Å²) >= 11 is 0. The van der Waals surface area contributed by atoms with Gasteiger partial charge in [0.05, 0.1) is 28.6 Å². The Balaban J connectivity index is 1.80. The van der Waals surface area contributed by atoms with Crippen molar-refractivity contribution in [3.63, 3.8) is 0 Å². The number of ketones is 1. The third-order valence-electron chi connectivity index (χ3n) is 6.03. The van der Waals surface area contributed by atoms with Crippen molar-refractivity contribution in [1.29, 1.82) is 0 Å². The zero-order valence-electron chi connectivity index (χ0n) is 18.9. The molecule has 0 amide bonds. The predicted octanol–water partition coefficient (Wildman–Crippen LogP) is 4.87. The summed E-state index contributed by atoms with van der Waals surface area (Å²) in [5.74, 6) is -0.276. The van der Waals surface area contributed by atoms with Gasteiger partial charge in [0.25, 0.3) is 0 Å². The van der Waals surface area contributed by atoms with Gasteiger partial charge in [-0.05, 0) is 54.2 Å². The standard InChI is InChI=1S/C25H26FN3O3S/c1-16(2)24-20(13-27-15-28-24)22-11-18(10-21(29-22)17-4-6-19(26)7-5-17)23(30)12-25(3)8-9-33(31,32)14-25/h4-7,10-11,13,15-16H,8-9,12,14H2,1-3H3. The molecule has 4 rings (SSSR count). The molecular formula is C25H26FN3O3S. The van der Waals surface area contributed by atoms with Gasteiger partial charge in [-0.3, -0.25) is 4.79 Å². The Bertz CT molecular complexity index is 1310. The van der Waals surface area contributed by atoms with Crippen LogP contribution in [-0.4, -0.2) is 40.7 Å². The molecule has 1 aliphatic rings. The van der Waals surface area contributed by atoms with Gasteiger partial charge in [0.2, 0.25) is 0 Å². The minimum Gasteiger partial charge on any atom is -0.294 e. The van der Waals surface area contributed by atoms with Gasteiger partial charge in [0.1, 0.15) is 12.1 Å². The fraction of sp³-hybridized carbons (Fsp3) is 0.360. The molecule has 172 valence electrons. The van der Waals surface area contributed by atoms with E-state index in [1.807, 2.05) is 20.8 Å². The largest absolute Gasteiger partial charge is 0.294 e. The molecule has 3 aromatic rings. The van der Waals surface area contributed by atoms with Gasteiger partial charge in [-0.15, -0.1) is 0 Å². The number of carbonyl (C=O) groups excluding carboxylic acids is 1. The van der Waals surface area contributed by atoms with Crippen molar-refractivity contribution >= 4 is 15.6 Å². The maximum atomic E-state index is 13.5. The Morgan fingerprint density at radius 1 is 1.15 bits per heavy atom. The number of nitrogens with zero attached hydrogens (tertiary/aromatic N) is 3. The molecule has 33 heavy (non-hydrogen) atoms. The highest BCUT2D eigenvalue weighted by atomic mass is 32.2. The minimum absolute atomic E-state index is 0.0124. The molecule has 0 radical (unpaired) electrons. The van der Waals surface area contributed by atoms with E-state index in [1.165, 1.54) is 18.5 Å². The fourth-order valence-corrected chi connectivity index (χ4v) is 6.56. The highest BCUT2D eigenvalue weighted by Gasteiger charge is 2.40. The van der Waals surface area contributed by atoms with Crippen LogP contribution in [0.25, 0.3) is 22.5 Å². The van der Waals surface area contributed by atoms with Gasteiger partial charge in [-0.1, -0.05) is 20.8 Å². The topological polar surface area (TPSA) is 89.9 Å². The third kappa shape index (κ3) is 5.16. The van der Waals surface area contributed by atoms with E-state index in [-0.39, 0.29) is 35.4 Å². The van der Waals surface area contributed by atoms with Crippen molar-refractivity contribution in [3.8, 4) is 22.5 Å². The second kappa shape index (κ2) is 8.74. The van der Waals surface area contributed by atoms with Crippen LogP contribution in [0.2, 0.25) is 0 Å². The molecule has 0 aliphatic carbocycles. The molecule has 8 heteroatoms. The summed E-state index contributed by atoms with van der Waals surface area (Å²) in [6.45, 7) is 5.88. The number of benzene rings is 1. The molecule has 1 saturated heterocycles. The van der Waals surface area contributed by atoms with E-state index in [4.69, 9.17) is 4.98 Å². The van der Waals surface area contributed by atoms with Gasteiger partial charge in [0.15, 0.2) is 15.6 Å². The van der Waals surface area contributed by atoms with Crippen molar-refractivity contribution in [3.05, 3.63) is 66.0 Å². The number of hydrogen-bond donors (Lipinski definition) is 0. The molecule has 1 aromatic carbocycles. The normalized spacial score (nSPS) is 19.7. The maximum Gasteiger partial charge on any atom is 0.163 e. The molecule has 0 N–H and O–H groups in total. The number of rotatable bonds is 6. The molecule has 0 spiro atoms. The number of aromatic nitrogens is 3. The molecule has 1 fully saturated rings. The van der Waals surface area contributed by atoms with E-state index in [0.29, 0.717) is 28.9 Å². The summed E-state index contributed by atoms with van der Waals surface area (Å²) < 4.78 is 37.5. The van der Waals surface area contributed by atoms with Crippen LogP contribution in [0, 0.1) is 11.2 Å². The van der Waals surface area contributed by atoms with Crippen LogP contribution < -0.4 is 0 Å². The zero-order valence-corrected chi connectivity index (χ0v) is 19.7. The average molecular weight is 468 g/mol. The first-order valence-corrected chi connectivity index (χ1v) is 12.7. The van der Waals surface area contributed by atoms with Crippen molar-refractivity contribution < 1.29 is 17.6 Å². The van der Waals surface area contributed by atoms with Gasteiger partial charge < -0.3 is 0 Å². The monoisotopic (exact) mass is 467 g/mol. The molecule has 0 saturated carbocycles. The quantitative estimate of drug-likeness (QED) is 0.481. The van der Waals surface area contributed by atoms with Crippen LogP contribution in [0.3, 0.4) is 0 Å². The number of halogens is 1. The summed E-state index contributed by atoms with van der Waals surface area (Å²) in [6, 6.07) is 9.33. The summed E-state index contributed by atoms with van der Waals surface area (Å²) in [5, 5.41) is 0. The Morgan fingerprint density at radius 2 is 1.85 bits per heavy atom. The molecular weight excluding hydrogens is 441 g/mol. The molecule has 1 unspecified atom stereocenters. The summed E-state index contributed by atoms with van der Waals surface area (Å²) in [7, 11) is -3.12. The smallest absolute Gasteiger partial charge is 0.163 e. The van der Waals surface area contributed by atoms with Gasteiger partial charge >= 0.3 is 0 Å². The van der Waals surface area contributed by atoms with E-state index in [2.05, 4.69) is 9.97 Å². The molecule has 1 atom stereocenters. The first kappa shape index (κ1) is 23.2. The lowest BCUT2D eigenvalue weighted by Crippen LogP contribution is -2.22. The molecule has 2 aromatic heterocycles. The SMILES string of the molecule is CC(C)c1ncncc1-c1cc(C(=O)CC2(C)CCS(=O)(=O)C2)cc(-c2ccc(F)cc2)n1. The lowest BCUT2D eigenvalue weighted by Gasteiger charge is -2.21. The Hall–Kier alpha value is -3.00. The summed E-state index contributed by atoms with van der Waals surface area (Å²) in [6.07, 6.45) is 3.75. The van der Waals surface area contributed by atoms with Crippen molar-refractivity contribution in [1.82, 2.24) is 15.0 Å². The highest BCUT2D eigenvalue weighted by Crippen LogP contribution is 2.37. The number of sulfone groups is 1. The minimum atomic E-state index is -3.12. The lowest BCUT2D eigenvalue weighted by molar-refractivity contribution is 0.0934. The van der Waals surface area contributed by atoms with Crippen LogP contribution >= 0.6 is 0 Å². The van der Waals surface area contributed by atoms with Crippen LogP contribution in [0.1, 0.15) is 55.6 Å². The lowest BCUT2D eigenvalue weighted by atomic mass is 9.83. The van der Waals surface area contributed by atoms with Crippen molar-refractivity contribution in [2.24, 2.45) is 5.41 Å². The average Bonchev–Trinajstić information content (AvgIpc) is 3.06. The Labute approximate surface area is 193 Å². The summed E-state index contributed by atoms with van der Waals surface area (Å²) in [5.41, 5.74) is 3.12. The van der Waals surface area contributed by atoms with Gasteiger partial charge in [-0.2, -0.15) is 0 Å². The second-order valence-corrected chi connectivity index (χ2v) is 11.5. The molecule has 6 nitrogen and oxygen atoms in total. The Morgan fingerprint density at radius 3 is 2.48 bits per heavy atom. The predicted molar refractivity (Wildman–Crippen MR) is 125 cm³/mol. The number of hydrogen-bond acceptors (Lipinski definition) is 6. The van der Waals surface area contributed by atoms with Crippen LogP contribution in [0.15, 0.2) is 48.9 Å². The van der Waals surface area contributed by atoms with Crippen LogP contribution in [-0.2, 0) is 9.84 Å².